The Morgan fingerprint density at radius 3 is 2.50 bits per heavy atom. The number of rotatable bonds is 4. The number of likely N-dealkylation sites (N-methyl/N-ethyl adjacent to an activating group) is 1. The molecule has 0 saturated carbocycles. The number of hydrogen-bond acceptors (Lipinski definition) is 4. The van der Waals surface area contributed by atoms with Gasteiger partial charge in [-0.15, -0.1) is 0 Å². The molecule has 2 amide bonds. The van der Waals surface area contributed by atoms with Crippen molar-refractivity contribution in [2.45, 2.75) is 6.92 Å². The highest BCUT2D eigenvalue weighted by Crippen LogP contribution is 2.18. The molecule has 7 heteroatoms. The number of carbonyl (C=O) groups excluding carboxylic acids is 2. The Morgan fingerprint density at radius 1 is 1.12 bits per heavy atom. The number of amides is 2. The molecule has 0 spiro atoms. The fourth-order valence-corrected chi connectivity index (χ4v) is 3.32. The van der Waals surface area contributed by atoms with Crippen molar-refractivity contribution in [2.75, 3.05) is 39.3 Å². The van der Waals surface area contributed by atoms with Gasteiger partial charge in [-0.3, -0.25) is 19.3 Å². The number of aryl methyl sites for hydroxylation is 1. The van der Waals surface area contributed by atoms with Crippen molar-refractivity contribution in [3.63, 3.8) is 0 Å². The van der Waals surface area contributed by atoms with Gasteiger partial charge in [0.25, 0.3) is 11.5 Å². The SMILES string of the molecule is CCNC(=O)CN1CCN(C(=O)c2cc(=O)n(C)c3ccccc23)CC1. The van der Waals surface area contributed by atoms with Gasteiger partial charge in [0.1, 0.15) is 0 Å². The summed E-state index contributed by atoms with van der Waals surface area (Å²) in [5.74, 6) is -0.124. The molecule has 3 rings (SSSR count). The first kappa shape index (κ1) is 18.1. The molecule has 7 nitrogen and oxygen atoms in total. The minimum Gasteiger partial charge on any atom is -0.355 e. The van der Waals surface area contributed by atoms with Gasteiger partial charge < -0.3 is 14.8 Å². The highest BCUT2D eigenvalue weighted by molar-refractivity contribution is 6.06. The summed E-state index contributed by atoms with van der Waals surface area (Å²) in [6, 6.07) is 8.86. The number of nitrogens with zero attached hydrogens (tertiary/aromatic N) is 3. The van der Waals surface area contributed by atoms with E-state index < -0.39 is 0 Å². The van der Waals surface area contributed by atoms with E-state index in [0.29, 0.717) is 44.8 Å². The molecule has 138 valence electrons. The first-order valence-electron chi connectivity index (χ1n) is 8.88. The third-order valence-corrected chi connectivity index (χ3v) is 4.79. The van der Waals surface area contributed by atoms with Crippen LogP contribution in [0.15, 0.2) is 35.1 Å². The maximum Gasteiger partial charge on any atom is 0.254 e. The lowest BCUT2D eigenvalue weighted by Gasteiger charge is -2.34. The van der Waals surface area contributed by atoms with Crippen molar-refractivity contribution in [1.29, 1.82) is 0 Å². The fraction of sp³-hybridized carbons (Fsp3) is 0.421. The van der Waals surface area contributed by atoms with Gasteiger partial charge in [0.2, 0.25) is 5.91 Å². The number of carbonyl (C=O) groups is 2. The monoisotopic (exact) mass is 356 g/mol. The first-order chi connectivity index (χ1) is 12.5. The van der Waals surface area contributed by atoms with Gasteiger partial charge in [-0.2, -0.15) is 0 Å². The largest absolute Gasteiger partial charge is 0.355 e. The highest BCUT2D eigenvalue weighted by atomic mass is 16.2. The van der Waals surface area contributed by atoms with E-state index in [4.69, 9.17) is 0 Å². The Morgan fingerprint density at radius 2 is 1.81 bits per heavy atom. The van der Waals surface area contributed by atoms with Crippen LogP contribution in [0.4, 0.5) is 0 Å². The number of benzene rings is 1. The van der Waals surface area contributed by atoms with Gasteiger partial charge in [0.15, 0.2) is 0 Å². The molecule has 1 fully saturated rings. The summed E-state index contributed by atoms with van der Waals surface area (Å²) >= 11 is 0. The Balaban J connectivity index is 1.76. The highest BCUT2D eigenvalue weighted by Gasteiger charge is 2.25. The molecular formula is C19H24N4O3. The van der Waals surface area contributed by atoms with Gasteiger partial charge >= 0.3 is 0 Å². The van der Waals surface area contributed by atoms with E-state index in [9.17, 15) is 14.4 Å². The normalized spacial score (nSPS) is 15.2. The second-order valence-electron chi connectivity index (χ2n) is 6.49. The molecule has 0 atom stereocenters. The van der Waals surface area contributed by atoms with Crippen LogP contribution in [0, 0.1) is 0 Å². The molecule has 0 bridgehead atoms. The predicted molar refractivity (Wildman–Crippen MR) is 100 cm³/mol. The minimum atomic E-state index is -0.193. The van der Waals surface area contributed by atoms with E-state index in [1.54, 1.807) is 16.5 Å². The molecule has 26 heavy (non-hydrogen) atoms. The van der Waals surface area contributed by atoms with Crippen molar-refractivity contribution >= 4 is 22.7 Å². The summed E-state index contributed by atoms with van der Waals surface area (Å²) in [6.45, 7) is 5.24. The van der Waals surface area contributed by atoms with E-state index in [1.165, 1.54) is 6.07 Å². The smallest absolute Gasteiger partial charge is 0.254 e. The molecule has 0 radical (unpaired) electrons. The quantitative estimate of drug-likeness (QED) is 0.862. The molecule has 1 saturated heterocycles. The number of hydrogen-bond donors (Lipinski definition) is 1. The van der Waals surface area contributed by atoms with Crippen LogP contribution in [-0.4, -0.2) is 65.4 Å². The zero-order valence-corrected chi connectivity index (χ0v) is 15.2. The van der Waals surface area contributed by atoms with E-state index >= 15 is 0 Å². The topological polar surface area (TPSA) is 74.7 Å². The van der Waals surface area contributed by atoms with Crippen molar-refractivity contribution in [3.8, 4) is 0 Å². The maximum absolute atomic E-state index is 13.0. The molecule has 1 aromatic heterocycles. The van der Waals surface area contributed by atoms with Crippen molar-refractivity contribution in [2.24, 2.45) is 7.05 Å². The lowest BCUT2D eigenvalue weighted by Crippen LogP contribution is -2.51. The zero-order valence-electron chi connectivity index (χ0n) is 15.2. The second kappa shape index (κ2) is 7.70. The molecular weight excluding hydrogens is 332 g/mol. The van der Waals surface area contributed by atoms with Gasteiger partial charge in [0.05, 0.1) is 17.6 Å². The van der Waals surface area contributed by atoms with E-state index in [-0.39, 0.29) is 17.4 Å². The van der Waals surface area contributed by atoms with Crippen LogP contribution in [0.25, 0.3) is 10.9 Å². The minimum absolute atomic E-state index is 0.00447. The van der Waals surface area contributed by atoms with Crippen LogP contribution in [0.3, 0.4) is 0 Å². The maximum atomic E-state index is 13.0. The summed E-state index contributed by atoms with van der Waals surface area (Å²) < 4.78 is 1.55. The summed E-state index contributed by atoms with van der Waals surface area (Å²) in [4.78, 5) is 40.7. The molecule has 0 unspecified atom stereocenters. The first-order valence-corrected chi connectivity index (χ1v) is 8.88. The van der Waals surface area contributed by atoms with Gasteiger partial charge in [-0.1, -0.05) is 18.2 Å². The number of para-hydroxylation sites is 1. The summed E-state index contributed by atoms with van der Waals surface area (Å²) in [6.07, 6.45) is 0. The lowest BCUT2D eigenvalue weighted by atomic mass is 10.1. The summed E-state index contributed by atoms with van der Waals surface area (Å²) in [7, 11) is 1.71. The van der Waals surface area contributed by atoms with Crippen LogP contribution in [-0.2, 0) is 11.8 Å². The Hall–Kier alpha value is -2.67. The third-order valence-electron chi connectivity index (χ3n) is 4.79. The molecule has 2 heterocycles. The van der Waals surface area contributed by atoms with Crippen molar-refractivity contribution in [3.05, 3.63) is 46.2 Å². The average Bonchev–Trinajstić information content (AvgIpc) is 2.65. The van der Waals surface area contributed by atoms with Gasteiger partial charge in [-0.05, 0) is 13.0 Å². The van der Waals surface area contributed by atoms with Gasteiger partial charge in [0, 0.05) is 51.2 Å². The summed E-state index contributed by atoms with van der Waals surface area (Å²) in [5.41, 5.74) is 1.00. The zero-order chi connectivity index (χ0) is 18.7. The number of nitrogens with one attached hydrogen (secondary N) is 1. The third kappa shape index (κ3) is 3.62. The van der Waals surface area contributed by atoms with Crippen LogP contribution >= 0.6 is 0 Å². The number of fused-ring (bicyclic) bond motifs is 1. The molecule has 0 aliphatic carbocycles. The number of pyridine rings is 1. The van der Waals surface area contributed by atoms with E-state index in [2.05, 4.69) is 5.32 Å². The Bertz CT molecular complexity index is 882. The van der Waals surface area contributed by atoms with Crippen LogP contribution in [0.5, 0.6) is 0 Å². The lowest BCUT2D eigenvalue weighted by molar-refractivity contribution is -0.122. The molecule has 1 N–H and O–H groups in total. The van der Waals surface area contributed by atoms with Crippen LogP contribution in [0.1, 0.15) is 17.3 Å². The second-order valence-corrected chi connectivity index (χ2v) is 6.49. The molecule has 1 aliphatic rings. The predicted octanol–water partition coefficient (Wildman–Crippen LogP) is 0.432. The number of aromatic nitrogens is 1. The molecule has 1 aromatic carbocycles. The van der Waals surface area contributed by atoms with Crippen molar-refractivity contribution < 1.29 is 9.59 Å². The van der Waals surface area contributed by atoms with E-state index in [0.717, 1.165) is 10.9 Å². The Kier molecular flexibility index (Phi) is 5.37. The summed E-state index contributed by atoms with van der Waals surface area (Å²) in [5, 5.41) is 3.57. The average molecular weight is 356 g/mol. The van der Waals surface area contributed by atoms with Crippen molar-refractivity contribution in [1.82, 2.24) is 19.7 Å². The standard InChI is InChI=1S/C19H24N4O3/c1-3-20-17(24)13-22-8-10-23(11-9-22)19(26)15-12-18(25)21(2)16-7-5-4-6-14(15)16/h4-7,12H,3,8-11,13H2,1-2H3,(H,20,24). The molecule has 1 aliphatic heterocycles. The van der Waals surface area contributed by atoms with Crippen LogP contribution in [0.2, 0.25) is 0 Å². The Labute approximate surface area is 152 Å². The van der Waals surface area contributed by atoms with E-state index in [1.807, 2.05) is 36.1 Å². The van der Waals surface area contributed by atoms with Crippen LogP contribution < -0.4 is 10.9 Å². The fourth-order valence-electron chi connectivity index (χ4n) is 3.32. The van der Waals surface area contributed by atoms with Gasteiger partial charge in [-0.25, -0.2) is 0 Å². The molecule has 2 aromatic rings. The number of piperazine rings is 1.